The largest absolute Gasteiger partial charge is 0.497 e. The zero-order chi connectivity index (χ0) is 20.1. The second-order valence-electron chi connectivity index (χ2n) is 6.66. The van der Waals surface area contributed by atoms with E-state index < -0.39 is 0 Å². The van der Waals surface area contributed by atoms with Crippen LogP contribution in [-0.2, 0) is 4.79 Å². The fraction of sp³-hybridized carbons (Fsp3) is 0.333. The number of likely N-dealkylation sites (tertiary alicyclic amines) is 1. The standard InChI is InChI=1S/C21H23ClN2O4/c1-27-17-8-9-18(19(12-17)28-2)23-20(25)15-6-4-10-24(13-15)21(26)14-5-3-7-16(22)11-14/h3,5,7-9,11-12,15H,4,6,10,13H2,1-2H3,(H,23,25). The summed E-state index contributed by atoms with van der Waals surface area (Å²) in [5, 5.41) is 3.43. The summed E-state index contributed by atoms with van der Waals surface area (Å²) in [7, 11) is 3.11. The number of nitrogens with zero attached hydrogens (tertiary/aromatic N) is 1. The Morgan fingerprint density at radius 1 is 1.14 bits per heavy atom. The lowest BCUT2D eigenvalue weighted by atomic mass is 9.96. The summed E-state index contributed by atoms with van der Waals surface area (Å²) < 4.78 is 10.5. The third-order valence-electron chi connectivity index (χ3n) is 4.82. The molecule has 1 saturated heterocycles. The van der Waals surface area contributed by atoms with E-state index in [0.717, 1.165) is 12.8 Å². The second kappa shape index (κ2) is 8.97. The maximum atomic E-state index is 12.8. The van der Waals surface area contributed by atoms with Crippen molar-refractivity contribution in [1.82, 2.24) is 4.90 Å². The first-order chi connectivity index (χ1) is 13.5. The van der Waals surface area contributed by atoms with E-state index >= 15 is 0 Å². The molecule has 1 unspecified atom stereocenters. The van der Waals surface area contributed by atoms with Gasteiger partial charge in [0.1, 0.15) is 11.5 Å². The van der Waals surface area contributed by atoms with Crippen LogP contribution in [0.5, 0.6) is 11.5 Å². The molecule has 7 heteroatoms. The monoisotopic (exact) mass is 402 g/mol. The topological polar surface area (TPSA) is 67.9 Å². The van der Waals surface area contributed by atoms with E-state index in [1.807, 2.05) is 0 Å². The van der Waals surface area contributed by atoms with Crippen molar-refractivity contribution in [2.45, 2.75) is 12.8 Å². The van der Waals surface area contributed by atoms with Crippen molar-refractivity contribution < 1.29 is 19.1 Å². The van der Waals surface area contributed by atoms with Crippen molar-refractivity contribution >= 4 is 29.1 Å². The third kappa shape index (κ3) is 4.57. The summed E-state index contributed by atoms with van der Waals surface area (Å²) in [6, 6.07) is 12.1. The Hall–Kier alpha value is -2.73. The first-order valence-corrected chi connectivity index (χ1v) is 9.47. The van der Waals surface area contributed by atoms with Crippen LogP contribution in [0.2, 0.25) is 5.02 Å². The number of carbonyl (C=O) groups excluding carboxylic acids is 2. The number of ether oxygens (including phenoxy) is 2. The number of anilines is 1. The lowest BCUT2D eigenvalue weighted by Crippen LogP contribution is -2.43. The molecule has 1 aliphatic heterocycles. The molecule has 1 heterocycles. The second-order valence-corrected chi connectivity index (χ2v) is 7.09. The van der Waals surface area contributed by atoms with Gasteiger partial charge in [0.25, 0.3) is 5.91 Å². The van der Waals surface area contributed by atoms with Gasteiger partial charge in [0, 0.05) is 29.7 Å². The molecule has 28 heavy (non-hydrogen) atoms. The molecule has 2 aromatic rings. The van der Waals surface area contributed by atoms with Gasteiger partial charge in [-0.2, -0.15) is 0 Å². The lowest BCUT2D eigenvalue weighted by Gasteiger charge is -2.32. The molecule has 1 fully saturated rings. The molecule has 0 aliphatic carbocycles. The van der Waals surface area contributed by atoms with Gasteiger partial charge in [-0.1, -0.05) is 17.7 Å². The van der Waals surface area contributed by atoms with Crippen LogP contribution in [0.15, 0.2) is 42.5 Å². The van der Waals surface area contributed by atoms with Crippen molar-refractivity contribution in [2.24, 2.45) is 5.92 Å². The Kier molecular flexibility index (Phi) is 6.41. The Morgan fingerprint density at radius 3 is 2.68 bits per heavy atom. The first kappa shape index (κ1) is 20.0. The van der Waals surface area contributed by atoms with Crippen LogP contribution in [-0.4, -0.2) is 44.0 Å². The number of hydrogen-bond donors (Lipinski definition) is 1. The first-order valence-electron chi connectivity index (χ1n) is 9.09. The van der Waals surface area contributed by atoms with Crippen LogP contribution >= 0.6 is 11.6 Å². The van der Waals surface area contributed by atoms with Crippen molar-refractivity contribution in [1.29, 1.82) is 0 Å². The fourth-order valence-electron chi connectivity index (χ4n) is 3.32. The maximum Gasteiger partial charge on any atom is 0.253 e. The van der Waals surface area contributed by atoms with Crippen LogP contribution in [0.3, 0.4) is 0 Å². The van der Waals surface area contributed by atoms with E-state index in [1.54, 1.807) is 54.5 Å². The molecule has 0 spiro atoms. The number of nitrogens with one attached hydrogen (secondary N) is 1. The summed E-state index contributed by atoms with van der Waals surface area (Å²) in [5.41, 5.74) is 1.11. The average molecular weight is 403 g/mol. The van der Waals surface area contributed by atoms with E-state index in [-0.39, 0.29) is 17.7 Å². The minimum atomic E-state index is -0.288. The van der Waals surface area contributed by atoms with E-state index in [2.05, 4.69) is 5.32 Å². The Bertz CT molecular complexity index is 871. The van der Waals surface area contributed by atoms with Crippen molar-refractivity contribution in [3.05, 3.63) is 53.1 Å². The number of rotatable bonds is 5. The molecule has 1 atom stereocenters. The normalized spacial score (nSPS) is 16.4. The Morgan fingerprint density at radius 2 is 1.96 bits per heavy atom. The summed E-state index contributed by atoms with van der Waals surface area (Å²) in [4.78, 5) is 27.3. The molecule has 6 nitrogen and oxygen atoms in total. The predicted octanol–water partition coefficient (Wildman–Crippen LogP) is 3.85. The number of hydrogen-bond acceptors (Lipinski definition) is 4. The number of benzene rings is 2. The summed E-state index contributed by atoms with van der Waals surface area (Å²) in [6.07, 6.45) is 1.49. The van der Waals surface area contributed by atoms with Gasteiger partial charge in [-0.3, -0.25) is 9.59 Å². The molecule has 3 rings (SSSR count). The predicted molar refractivity (Wildman–Crippen MR) is 108 cm³/mol. The fourth-order valence-corrected chi connectivity index (χ4v) is 3.51. The highest BCUT2D eigenvalue weighted by Gasteiger charge is 2.29. The zero-order valence-corrected chi connectivity index (χ0v) is 16.7. The van der Waals surface area contributed by atoms with E-state index in [0.29, 0.717) is 40.9 Å². The van der Waals surface area contributed by atoms with E-state index in [9.17, 15) is 9.59 Å². The van der Waals surface area contributed by atoms with Crippen LogP contribution in [0.1, 0.15) is 23.2 Å². The average Bonchev–Trinajstić information content (AvgIpc) is 2.73. The number of carbonyl (C=O) groups is 2. The lowest BCUT2D eigenvalue weighted by molar-refractivity contribution is -0.121. The summed E-state index contributed by atoms with van der Waals surface area (Å²) >= 11 is 5.99. The molecule has 0 aromatic heterocycles. The highest BCUT2D eigenvalue weighted by molar-refractivity contribution is 6.30. The maximum absolute atomic E-state index is 12.8. The van der Waals surface area contributed by atoms with Crippen LogP contribution in [0.25, 0.3) is 0 Å². The molecular formula is C21H23ClN2O4. The SMILES string of the molecule is COc1ccc(NC(=O)C2CCCN(C(=O)c3cccc(Cl)c3)C2)c(OC)c1. The number of halogens is 1. The molecule has 0 bridgehead atoms. The van der Waals surface area contributed by atoms with Crippen LogP contribution < -0.4 is 14.8 Å². The number of methoxy groups -OCH3 is 2. The number of amides is 2. The molecular weight excluding hydrogens is 380 g/mol. The molecule has 148 valence electrons. The molecule has 0 saturated carbocycles. The number of piperidine rings is 1. The summed E-state index contributed by atoms with van der Waals surface area (Å²) in [6.45, 7) is 0.997. The molecule has 0 radical (unpaired) electrons. The Labute approximate surface area is 169 Å². The minimum Gasteiger partial charge on any atom is -0.497 e. The van der Waals surface area contributed by atoms with Gasteiger partial charge < -0.3 is 19.7 Å². The van der Waals surface area contributed by atoms with Gasteiger partial charge in [0.15, 0.2) is 0 Å². The quantitative estimate of drug-likeness (QED) is 0.824. The smallest absolute Gasteiger partial charge is 0.253 e. The third-order valence-corrected chi connectivity index (χ3v) is 5.05. The van der Waals surface area contributed by atoms with Crippen molar-refractivity contribution in [2.75, 3.05) is 32.6 Å². The highest BCUT2D eigenvalue weighted by atomic mass is 35.5. The van der Waals surface area contributed by atoms with Gasteiger partial charge in [-0.25, -0.2) is 0 Å². The minimum absolute atomic E-state index is 0.109. The summed E-state index contributed by atoms with van der Waals surface area (Å²) in [5.74, 6) is 0.638. The van der Waals surface area contributed by atoms with Gasteiger partial charge in [-0.05, 0) is 43.2 Å². The van der Waals surface area contributed by atoms with Gasteiger partial charge in [0.05, 0.1) is 25.8 Å². The molecule has 2 aromatic carbocycles. The van der Waals surface area contributed by atoms with Gasteiger partial charge in [0.2, 0.25) is 5.91 Å². The molecule has 1 N–H and O–H groups in total. The molecule has 2 amide bonds. The van der Waals surface area contributed by atoms with Crippen molar-refractivity contribution in [3.63, 3.8) is 0 Å². The molecule has 1 aliphatic rings. The van der Waals surface area contributed by atoms with Crippen LogP contribution in [0, 0.1) is 5.92 Å². The van der Waals surface area contributed by atoms with Crippen LogP contribution in [0.4, 0.5) is 5.69 Å². The van der Waals surface area contributed by atoms with Gasteiger partial charge in [-0.15, -0.1) is 0 Å². The van der Waals surface area contributed by atoms with E-state index in [4.69, 9.17) is 21.1 Å². The van der Waals surface area contributed by atoms with E-state index in [1.165, 1.54) is 7.11 Å². The van der Waals surface area contributed by atoms with Gasteiger partial charge >= 0.3 is 0 Å². The highest BCUT2D eigenvalue weighted by Crippen LogP contribution is 2.30. The Balaban J connectivity index is 1.68. The van der Waals surface area contributed by atoms with Crippen molar-refractivity contribution in [3.8, 4) is 11.5 Å². The zero-order valence-electron chi connectivity index (χ0n) is 15.9.